The molecular formula is C17H15ClN6S3. The van der Waals surface area contributed by atoms with Gasteiger partial charge in [-0.2, -0.15) is 4.98 Å². The van der Waals surface area contributed by atoms with Gasteiger partial charge >= 0.3 is 0 Å². The van der Waals surface area contributed by atoms with E-state index in [0.29, 0.717) is 16.7 Å². The van der Waals surface area contributed by atoms with Gasteiger partial charge in [-0.15, -0.1) is 15.3 Å². The summed E-state index contributed by atoms with van der Waals surface area (Å²) in [5.41, 5.74) is 3.17. The van der Waals surface area contributed by atoms with Gasteiger partial charge in [-0.25, -0.2) is 9.50 Å². The second-order valence-electron chi connectivity index (χ2n) is 5.81. The SMILES string of the molecule is Cc1cc(C)n2nc(SCc3nnc(SCc4ccc(Cl)cc4)s3)nc2n1. The largest absolute Gasteiger partial charge is 0.253 e. The first kappa shape index (κ1) is 18.7. The highest BCUT2D eigenvalue weighted by atomic mass is 35.5. The summed E-state index contributed by atoms with van der Waals surface area (Å²) in [6.07, 6.45) is 0. The molecule has 0 atom stereocenters. The van der Waals surface area contributed by atoms with Crippen molar-refractivity contribution < 1.29 is 0 Å². The number of rotatable bonds is 6. The quantitative estimate of drug-likeness (QED) is 0.402. The first-order chi connectivity index (χ1) is 13.1. The zero-order valence-corrected chi connectivity index (χ0v) is 17.8. The van der Waals surface area contributed by atoms with Crippen LogP contribution < -0.4 is 0 Å². The standard InChI is InChI=1S/C17H15ClN6S3/c1-10-7-11(2)24-15(19-10)20-16(23-24)25-9-14-21-22-17(27-14)26-8-12-3-5-13(18)6-4-12/h3-7H,8-9H2,1-2H3. The van der Waals surface area contributed by atoms with E-state index in [9.17, 15) is 0 Å². The number of halogens is 1. The Kier molecular flexibility index (Phi) is 5.63. The zero-order valence-electron chi connectivity index (χ0n) is 14.6. The molecular weight excluding hydrogens is 420 g/mol. The van der Waals surface area contributed by atoms with Gasteiger partial charge in [0.15, 0.2) is 4.34 Å². The molecule has 0 aliphatic carbocycles. The molecule has 1 aromatic carbocycles. The molecule has 0 aliphatic heterocycles. The molecule has 0 amide bonds. The Morgan fingerprint density at radius 1 is 1.04 bits per heavy atom. The topological polar surface area (TPSA) is 68.9 Å². The fraction of sp³-hybridized carbons (Fsp3) is 0.235. The molecule has 0 radical (unpaired) electrons. The Morgan fingerprint density at radius 2 is 1.85 bits per heavy atom. The van der Waals surface area contributed by atoms with Gasteiger partial charge in [0.1, 0.15) is 5.01 Å². The number of aryl methyl sites for hydroxylation is 2. The van der Waals surface area contributed by atoms with E-state index >= 15 is 0 Å². The van der Waals surface area contributed by atoms with Crippen LogP contribution in [0.1, 0.15) is 22.0 Å². The summed E-state index contributed by atoms with van der Waals surface area (Å²) in [5, 5.41) is 15.4. The molecule has 10 heteroatoms. The van der Waals surface area contributed by atoms with Gasteiger partial charge in [0, 0.05) is 22.2 Å². The highest BCUT2D eigenvalue weighted by Crippen LogP contribution is 2.29. The average Bonchev–Trinajstić information content (AvgIpc) is 3.26. The highest BCUT2D eigenvalue weighted by molar-refractivity contribution is 8.00. The maximum absolute atomic E-state index is 5.91. The van der Waals surface area contributed by atoms with Crippen LogP contribution in [0.4, 0.5) is 0 Å². The molecule has 3 aromatic heterocycles. The van der Waals surface area contributed by atoms with Crippen molar-refractivity contribution in [1.82, 2.24) is 29.8 Å². The minimum atomic E-state index is 0.631. The molecule has 0 aliphatic rings. The Morgan fingerprint density at radius 3 is 2.67 bits per heavy atom. The van der Waals surface area contributed by atoms with E-state index in [2.05, 4.69) is 25.3 Å². The number of aromatic nitrogens is 6. The molecule has 0 saturated heterocycles. The van der Waals surface area contributed by atoms with Gasteiger partial charge in [0.25, 0.3) is 5.78 Å². The van der Waals surface area contributed by atoms with Gasteiger partial charge in [0.05, 0.1) is 5.75 Å². The van der Waals surface area contributed by atoms with Crippen molar-refractivity contribution in [3.8, 4) is 0 Å². The third-order valence-corrected chi connectivity index (χ3v) is 7.06. The van der Waals surface area contributed by atoms with E-state index in [0.717, 1.165) is 31.5 Å². The minimum absolute atomic E-state index is 0.631. The summed E-state index contributed by atoms with van der Waals surface area (Å²) in [6.45, 7) is 3.96. The number of hydrogen-bond donors (Lipinski definition) is 0. The summed E-state index contributed by atoms with van der Waals surface area (Å²) < 4.78 is 2.72. The van der Waals surface area contributed by atoms with E-state index in [-0.39, 0.29) is 0 Å². The number of hydrogen-bond acceptors (Lipinski definition) is 8. The third-order valence-electron chi connectivity index (χ3n) is 3.65. The van der Waals surface area contributed by atoms with Crippen LogP contribution in [0.3, 0.4) is 0 Å². The summed E-state index contributed by atoms with van der Waals surface area (Å²) in [6, 6.07) is 9.85. The second-order valence-corrected chi connectivity index (χ2v) is 9.47. The predicted molar refractivity (Wildman–Crippen MR) is 111 cm³/mol. The molecule has 0 unspecified atom stereocenters. The van der Waals surface area contributed by atoms with E-state index < -0.39 is 0 Å². The maximum Gasteiger partial charge on any atom is 0.253 e. The lowest BCUT2D eigenvalue weighted by atomic mass is 10.2. The molecule has 0 N–H and O–H groups in total. The minimum Gasteiger partial charge on any atom is -0.216 e. The lowest BCUT2D eigenvalue weighted by Gasteiger charge is -1.98. The van der Waals surface area contributed by atoms with E-state index in [1.165, 1.54) is 5.56 Å². The number of thioether (sulfide) groups is 2. The highest BCUT2D eigenvalue weighted by Gasteiger charge is 2.11. The molecule has 138 valence electrons. The van der Waals surface area contributed by atoms with Gasteiger partial charge in [-0.3, -0.25) is 0 Å². The Labute approximate surface area is 173 Å². The molecule has 3 heterocycles. The number of benzene rings is 1. The molecule has 0 saturated carbocycles. The van der Waals surface area contributed by atoms with Crippen LogP contribution in [0.15, 0.2) is 39.8 Å². The maximum atomic E-state index is 5.91. The van der Waals surface area contributed by atoms with E-state index in [1.54, 1.807) is 39.4 Å². The summed E-state index contributed by atoms with van der Waals surface area (Å²) >= 11 is 10.7. The molecule has 6 nitrogen and oxygen atoms in total. The van der Waals surface area contributed by atoms with Crippen molar-refractivity contribution in [2.75, 3.05) is 0 Å². The fourth-order valence-corrected chi connectivity index (χ4v) is 5.20. The Bertz CT molecular complexity index is 1080. The van der Waals surface area contributed by atoms with Gasteiger partial charge in [-0.05, 0) is 37.6 Å². The smallest absolute Gasteiger partial charge is 0.216 e. The lowest BCUT2D eigenvalue weighted by Crippen LogP contribution is -1.97. The molecule has 4 rings (SSSR count). The van der Waals surface area contributed by atoms with Crippen LogP contribution in [0, 0.1) is 13.8 Å². The average molecular weight is 435 g/mol. The van der Waals surface area contributed by atoms with Gasteiger partial charge < -0.3 is 0 Å². The van der Waals surface area contributed by atoms with Crippen LogP contribution in [0.25, 0.3) is 5.78 Å². The first-order valence-corrected chi connectivity index (χ1v) is 11.3. The molecule has 27 heavy (non-hydrogen) atoms. The second kappa shape index (κ2) is 8.14. The van der Waals surface area contributed by atoms with E-state index in [4.69, 9.17) is 11.6 Å². The summed E-state index contributed by atoms with van der Waals surface area (Å²) in [4.78, 5) is 8.90. The Balaban J connectivity index is 1.36. The summed E-state index contributed by atoms with van der Waals surface area (Å²) in [7, 11) is 0. The fourth-order valence-electron chi connectivity index (χ4n) is 2.42. The van der Waals surface area contributed by atoms with Crippen molar-refractivity contribution in [3.05, 3.63) is 57.3 Å². The van der Waals surface area contributed by atoms with Crippen molar-refractivity contribution in [3.63, 3.8) is 0 Å². The van der Waals surface area contributed by atoms with Crippen molar-refractivity contribution in [2.24, 2.45) is 0 Å². The molecule has 0 fully saturated rings. The summed E-state index contributed by atoms with van der Waals surface area (Å²) in [5.74, 6) is 2.16. The van der Waals surface area contributed by atoms with Crippen LogP contribution >= 0.6 is 46.5 Å². The van der Waals surface area contributed by atoms with Crippen molar-refractivity contribution in [2.45, 2.75) is 34.8 Å². The van der Waals surface area contributed by atoms with Gasteiger partial charge in [-0.1, -0.05) is 58.6 Å². The monoisotopic (exact) mass is 434 g/mol. The Hall–Kier alpha value is -1.68. The van der Waals surface area contributed by atoms with Crippen molar-refractivity contribution >= 4 is 52.2 Å². The normalized spacial score (nSPS) is 11.4. The number of nitrogens with zero attached hydrogens (tertiary/aromatic N) is 6. The first-order valence-electron chi connectivity index (χ1n) is 8.10. The van der Waals surface area contributed by atoms with Gasteiger partial charge in [0.2, 0.25) is 5.16 Å². The van der Waals surface area contributed by atoms with Crippen LogP contribution in [0.5, 0.6) is 0 Å². The van der Waals surface area contributed by atoms with Crippen LogP contribution in [-0.2, 0) is 11.5 Å². The lowest BCUT2D eigenvalue weighted by molar-refractivity contribution is 0.843. The zero-order chi connectivity index (χ0) is 18.8. The predicted octanol–water partition coefficient (Wildman–Crippen LogP) is 4.83. The van der Waals surface area contributed by atoms with E-state index in [1.807, 2.05) is 44.2 Å². The van der Waals surface area contributed by atoms with Crippen molar-refractivity contribution in [1.29, 1.82) is 0 Å². The van der Waals surface area contributed by atoms with Crippen LogP contribution in [0.2, 0.25) is 5.02 Å². The van der Waals surface area contributed by atoms with Crippen LogP contribution in [-0.4, -0.2) is 29.8 Å². The molecule has 0 bridgehead atoms. The molecule has 0 spiro atoms. The number of fused-ring (bicyclic) bond motifs is 1. The molecule has 4 aromatic rings. The third kappa shape index (κ3) is 4.60.